The molecule has 12 heavy (non-hydrogen) atoms. The first kappa shape index (κ1) is 6.46. The molecule has 1 fully saturated rings. The molecular formula is C10H11NO. The van der Waals surface area contributed by atoms with Gasteiger partial charge in [-0.25, -0.2) is 0 Å². The molecule has 2 aliphatic carbocycles. The molecule has 0 aromatic carbocycles. The standard InChI is InChI=1S/C10H11NO/c1-10-4-7(10)2-6-3-9(12)11-5-8(6)10/h3,5,7H,2,4H2,1H3,(H,11,12)/t7-,10?/m0/s1. The number of rotatable bonds is 0. The molecule has 1 unspecified atom stereocenters. The Morgan fingerprint density at radius 3 is 3.33 bits per heavy atom. The summed E-state index contributed by atoms with van der Waals surface area (Å²) < 4.78 is 0. The van der Waals surface area contributed by atoms with Crippen LogP contribution in [0.4, 0.5) is 0 Å². The lowest BCUT2D eigenvalue weighted by molar-refractivity contribution is 0.718. The lowest BCUT2D eigenvalue weighted by Gasteiger charge is -2.06. The number of pyridine rings is 1. The van der Waals surface area contributed by atoms with Crippen molar-refractivity contribution in [1.82, 2.24) is 4.98 Å². The van der Waals surface area contributed by atoms with Crippen LogP contribution in [0.15, 0.2) is 17.1 Å². The van der Waals surface area contributed by atoms with Gasteiger partial charge in [0.15, 0.2) is 0 Å². The van der Waals surface area contributed by atoms with Crippen molar-refractivity contribution in [1.29, 1.82) is 0 Å². The maximum Gasteiger partial charge on any atom is 0.248 e. The Morgan fingerprint density at radius 2 is 2.50 bits per heavy atom. The molecule has 1 saturated carbocycles. The first-order valence-electron chi connectivity index (χ1n) is 4.42. The molecular weight excluding hydrogens is 150 g/mol. The van der Waals surface area contributed by atoms with Gasteiger partial charge in [0.25, 0.3) is 0 Å². The molecule has 1 aromatic rings. The highest BCUT2D eigenvalue weighted by molar-refractivity contribution is 5.44. The lowest BCUT2D eigenvalue weighted by atomic mass is 10.0. The topological polar surface area (TPSA) is 32.9 Å². The van der Waals surface area contributed by atoms with E-state index in [1.165, 1.54) is 17.5 Å². The summed E-state index contributed by atoms with van der Waals surface area (Å²) in [6.07, 6.45) is 4.34. The third kappa shape index (κ3) is 0.591. The highest BCUT2D eigenvalue weighted by Gasteiger charge is 2.56. The van der Waals surface area contributed by atoms with Crippen LogP contribution < -0.4 is 5.56 Å². The van der Waals surface area contributed by atoms with Crippen LogP contribution in [0.3, 0.4) is 0 Å². The van der Waals surface area contributed by atoms with Crippen LogP contribution in [0.5, 0.6) is 0 Å². The first-order valence-corrected chi connectivity index (χ1v) is 4.42. The quantitative estimate of drug-likeness (QED) is 0.609. The summed E-state index contributed by atoms with van der Waals surface area (Å²) >= 11 is 0. The number of hydrogen-bond donors (Lipinski definition) is 1. The Hall–Kier alpha value is -1.05. The second-order valence-electron chi connectivity index (χ2n) is 4.26. The summed E-state index contributed by atoms with van der Waals surface area (Å²) in [6, 6.07) is 1.76. The van der Waals surface area contributed by atoms with Crippen LogP contribution in [0.1, 0.15) is 24.5 Å². The van der Waals surface area contributed by atoms with Crippen molar-refractivity contribution >= 4 is 0 Å². The second-order valence-corrected chi connectivity index (χ2v) is 4.26. The molecule has 0 saturated heterocycles. The van der Waals surface area contributed by atoms with Gasteiger partial charge in [0.2, 0.25) is 5.56 Å². The molecule has 62 valence electrons. The third-order valence-electron chi connectivity index (χ3n) is 3.50. The molecule has 0 radical (unpaired) electrons. The number of aromatic amines is 1. The monoisotopic (exact) mass is 161 g/mol. The van der Waals surface area contributed by atoms with Crippen molar-refractivity contribution in [3.05, 3.63) is 33.7 Å². The van der Waals surface area contributed by atoms with Gasteiger partial charge in [-0.1, -0.05) is 6.92 Å². The summed E-state index contributed by atoms with van der Waals surface area (Å²) in [5, 5.41) is 0. The molecule has 0 amide bonds. The van der Waals surface area contributed by atoms with Crippen molar-refractivity contribution in [2.45, 2.75) is 25.2 Å². The average Bonchev–Trinajstić information content (AvgIpc) is 2.55. The van der Waals surface area contributed by atoms with Gasteiger partial charge in [0.05, 0.1) is 0 Å². The molecule has 0 aliphatic heterocycles. The van der Waals surface area contributed by atoms with Gasteiger partial charge in [-0.15, -0.1) is 0 Å². The van der Waals surface area contributed by atoms with E-state index in [9.17, 15) is 4.79 Å². The zero-order chi connectivity index (χ0) is 8.34. The van der Waals surface area contributed by atoms with Gasteiger partial charge >= 0.3 is 0 Å². The molecule has 0 bridgehead atoms. The summed E-state index contributed by atoms with van der Waals surface area (Å²) in [7, 11) is 0. The van der Waals surface area contributed by atoms with Crippen molar-refractivity contribution in [3.63, 3.8) is 0 Å². The fourth-order valence-corrected chi connectivity index (χ4v) is 2.56. The van der Waals surface area contributed by atoms with Crippen LogP contribution in [-0.2, 0) is 11.8 Å². The fraction of sp³-hybridized carbons (Fsp3) is 0.500. The van der Waals surface area contributed by atoms with E-state index in [-0.39, 0.29) is 5.56 Å². The molecule has 1 aromatic heterocycles. The van der Waals surface area contributed by atoms with Crippen LogP contribution in [-0.4, -0.2) is 4.98 Å². The largest absolute Gasteiger partial charge is 0.329 e. The van der Waals surface area contributed by atoms with E-state index in [0.717, 1.165) is 12.3 Å². The number of aromatic nitrogens is 1. The molecule has 2 aliphatic rings. The molecule has 2 heteroatoms. The Labute approximate surface area is 70.6 Å². The minimum absolute atomic E-state index is 0.0404. The summed E-state index contributed by atoms with van der Waals surface area (Å²) in [5.41, 5.74) is 3.11. The number of hydrogen-bond acceptors (Lipinski definition) is 1. The van der Waals surface area contributed by atoms with Crippen molar-refractivity contribution in [2.75, 3.05) is 0 Å². The van der Waals surface area contributed by atoms with Crippen molar-refractivity contribution in [3.8, 4) is 0 Å². The Balaban J connectivity index is 2.27. The Kier molecular flexibility index (Phi) is 0.891. The summed E-state index contributed by atoms with van der Waals surface area (Å²) in [5.74, 6) is 0.822. The highest BCUT2D eigenvalue weighted by Crippen LogP contribution is 2.60. The minimum atomic E-state index is 0.0404. The Bertz CT molecular complexity index is 407. The molecule has 3 rings (SSSR count). The van der Waals surface area contributed by atoms with Crippen LogP contribution in [0.25, 0.3) is 0 Å². The zero-order valence-electron chi connectivity index (χ0n) is 7.05. The molecule has 2 atom stereocenters. The van der Waals surface area contributed by atoms with E-state index in [2.05, 4.69) is 11.9 Å². The van der Waals surface area contributed by atoms with E-state index < -0.39 is 0 Å². The normalized spacial score (nSPS) is 35.9. The van der Waals surface area contributed by atoms with Crippen molar-refractivity contribution < 1.29 is 0 Å². The molecule has 1 N–H and O–H groups in total. The van der Waals surface area contributed by atoms with E-state index in [0.29, 0.717) is 5.41 Å². The maximum atomic E-state index is 11.0. The fourth-order valence-electron chi connectivity index (χ4n) is 2.56. The van der Waals surface area contributed by atoms with Gasteiger partial charge < -0.3 is 4.98 Å². The smallest absolute Gasteiger partial charge is 0.248 e. The first-order chi connectivity index (χ1) is 5.70. The van der Waals surface area contributed by atoms with Gasteiger partial charge in [-0.2, -0.15) is 0 Å². The van der Waals surface area contributed by atoms with E-state index in [4.69, 9.17) is 0 Å². The van der Waals surface area contributed by atoms with Gasteiger partial charge in [-0.05, 0) is 35.3 Å². The minimum Gasteiger partial charge on any atom is -0.329 e. The highest BCUT2D eigenvalue weighted by atomic mass is 16.1. The lowest BCUT2D eigenvalue weighted by Crippen LogP contribution is -2.09. The van der Waals surface area contributed by atoms with Gasteiger partial charge in [0.1, 0.15) is 0 Å². The van der Waals surface area contributed by atoms with Crippen LogP contribution >= 0.6 is 0 Å². The van der Waals surface area contributed by atoms with Crippen molar-refractivity contribution in [2.24, 2.45) is 5.92 Å². The van der Waals surface area contributed by atoms with E-state index in [1.54, 1.807) is 6.07 Å². The summed E-state index contributed by atoms with van der Waals surface area (Å²) in [4.78, 5) is 13.8. The molecule has 1 heterocycles. The zero-order valence-corrected chi connectivity index (χ0v) is 7.05. The van der Waals surface area contributed by atoms with Gasteiger partial charge in [-0.3, -0.25) is 4.79 Å². The predicted octanol–water partition coefficient (Wildman–Crippen LogP) is 1.21. The van der Waals surface area contributed by atoms with E-state index in [1.807, 2.05) is 6.20 Å². The second kappa shape index (κ2) is 1.65. The molecule has 2 nitrogen and oxygen atoms in total. The number of fused-ring (bicyclic) bond motifs is 3. The average molecular weight is 161 g/mol. The molecule has 0 spiro atoms. The number of nitrogens with one attached hydrogen (secondary N) is 1. The summed E-state index contributed by atoms with van der Waals surface area (Å²) in [6.45, 7) is 2.29. The maximum absolute atomic E-state index is 11.0. The van der Waals surface area contributed by atoms with Gasteiger partial charge in [0, 0.05) is 12.3 Å². The number of H-pyrrole nitrogens is 1. The van der Waals surface area contributed by atoms with Crippen LogP contribution in [0.2, 0.25) is 0 Å². The predicted molar refractivity (Wildman–Crippen MR) is 46.2 cm³/mol. The SMILES string of the molecule is CC12C[C@@H]1Cc1cc(=O)[nH]cc12. The Morgan fingerprint density at radius 1 is 1.67 bits per heavy atom. The van der Waals surface area contributed by atoms with Crippen LogP contribution in [0, 0.1) is 5.92 Å². The van der Waals surface area contributed by atoms with E-state index >= 15 is 0 Å². The third-order valence-corrected chi connectivity index (χ3v) is 3.50.